The van der Waals surface area contributed by atoms with Crippen LogP contribution in [0, 0.1) is 23.2 Å². The first-order valence-corrected chi connectivity index (χ1v) is 11.7. The Morgan fingerprint density at radius 3 is 2.06 bits per heavy atom. The lowest BCUT2D eigenvalue weighted by Crippen LogP contribution is -2.47. The molecule has 0 saturated heterocycles. The van der Waals surface area contributed by atoms with E-state index in [2.05, 4.69) is 10.5 Å². The van der Waals surface area contributed by atoms with Crippen LogP contribution in [0.25, 0.3) is 11.1 Å². The van der Waals surface area contributed by atoms with Gasteiger partial charge in [0.2, 0.25) is 5.91 Å². The molecule has 1 N–H and O–H groups in total. The van der Waals surface area contributed by atoms with Crippen LogP contribution in [0.15, 0.2) is 53.6 Å². The number of esters is 1. The van der Waals surface area contributed by atoms with Crippen LogP contribution in [0.4, 0.5) is 0 Å². The third-order valence-electron chi connectivity index (χ3n) is 7.58. The molecule has 0 aromatic heterocycles. The molecule has 2 aromatic rings. The first-order valence-electron chi connectivity index (χ1n) is 11.7. The fraction of sp³-hybridized carbons (Fsp3) is 0.444. The first-order chi connectivity index (χ1) is 15.5. The molecule has 4 fully saturated rings. The van der Waals surface area contributed by atoms with Gasteiger partial charge in [-0.25, -0.2) is 5.43 Å². The number of fused-ring (bicyclic) bond motifs is 1. The van der Waals surface area contributed by atoms with Crippen molar-refractivity contribution < 1.29 is 14.3 Å². The smallest absolute Gasteiger partial charge is 0.308 e. The minimum atomic E-state index is -0.327. The summed E-state index contributed by atoms with van der Waals surface area (Å²) in [7, 11) is 0. The Bertz CT molecular complexity index is 1010. The summed E-state index contributed by atoms with van der Waals surface area (Å²) in [6.07, 6.45) is 10.1. The minimum Gasteiger partial charge on any atom is -0.427 e. The zero-order valence-corrected chi connectivity index (χ0v) is 18.5. The predicted molar refractivity (Wildman–Crippen MR) is 124 cm³/mol. The van der Waals surface area contributed by atoms with Gasteiger partial charge in [0.25, 0.3) is 0 Å². The van der Waals surface area contributed by atoms with Crippen molar-refractivity contribution in [3.63, 3.8) is 0 Å². The number of benzene rings is 2. The second kappa shape index (κ2) is 8.53. The fourth-order valence-corrected chi connectivity index (χ4v) is 6.40. The van der Waals surface area contributed by atoms with Gasteiger partial charge in [0.1, 0.15) is 5.75 Å². The lowest BCUT2D eigenvalue weighted by Gasteiger charge is -2.46. The topological polar surface area (TPSA) is 67.8 Å². The van der Waals surface area contributed by atoms with Crippen molar-refractivity contribution in [2.45, 2.75) is 51.9 Å². The molecule has 166 valence electrons. The van der Waals surface area contributed by atoms with E-state index in [4.69, 9.17) is 4.74 Å². The molecule has 0 spiro atoms. The van der Waals surface area contributed by atoms with Crippen molar-refractivity contribution >= 4 is 18.1 Å². The van der Waals surface area contributed by atoms with Crippen molar-refractivity contribution in [1.29, 1.82) is 0 Å². The van der Waals surface area contributed by atoms with Gasteiger partial charge in [0.05, 0.1) is 11.6 Å². The highest BCUT2D eigenvalue weighted by molar-refractivity contribution is 5.86. The number of amides is 1. The van der Waals surface area contributed by atoms with E-state index >= 15 is 0 Å². The zero-order chi connectivity index (χ0) is 22.1. The van der Waals surface area contributed by atoms with E-state index in [1.54, 1.807) is 18.3 Å². The van der Waals surface area contributed by atoms with Crippen LogP contribution in [-0.2, 0) is 9.59 Å². The molecule has 32 heavy (non-hydrogen) atoms. The molecule has 4 saturated carbocycles. The molecule has 0 radical (unpaired) electrons. The van der Waals surface area contributed by atoms with Crippen LogP contribution in [0.5, 0.6) is 5.75 Å². The van der Waals surface area contributed by atoms with Gasteiger partial charge in [-0.3, -0.25) is 9.59 Å². The Morgan fingerprint density at radius 1 is 0.906 bits per heavy atom. The number of hydrogen-bond donors (Lipinski definition) is 1. The Kier molecular flexibility index (Phi) is 5.58. The summed E-state index contributed by atoms with van der Waals surface area (Å²) in [5.74, 6) is 2.53. The van der Waals surface area contributed by atoms with Crippen molar-refractivity contribution in [2.75, 3.05) is 0 Å². The fourth-order valence-electron chi connectivity index (χ4n) is 6.40. The van der Waals surface area contributed by atoms with Crippen LogP contribution in [0.3, 0.4) is 0 Å². The maximum atomic E-state index is 13.1. The van der Waals surface area contributed by atoms with E-state index in [1.165, 1.54) is 32.6 Å². The molecule has 5 nitrogen and oxygen atoms in total. The molecule has 2 atom stereocenters. The maximum absolute atomic E-state index is 13.1. The van der Waals surface area contributed by atoms with E-state index in [1.807, 2.05) is 36.4 Å². The summed E-state index contributed by atoms with van der Waals surface area (Å²) >= 11 is 0. The van der Waals surface area contributed by atoms with E-state index in [9.17, 15) is 9.59 Å². The molecule has 5 heteroatoms. The lowest BCUT2D eigenvalue weighted by atomic mass is 9.58. The third kappa shape index (κ3) is 4.34. The van der Waals surface area contributed by atoms with Crippen molar-refractivity contribution in [1.82, 2.24) is 5.43 Å². The van der Waals surface area contributed by atoms with Crippen LogP contribution >= 0.6 is 0 Å². The number of nitrogens with one attached hydrogen (secondary N) is 1. The number of hydrogen-bond acceptors (Lipinski definition) is 4. The standard InChI is InChI=1S/C27H30N2O3/c1-18(30)32-25-10-8-24(9-11-25)23-6-4-19(5-7-23)17-28-29-26(31)27-14-20-2-3-21(15-27)13-22(12-20)16-27/h4-11,17,20-22H,2-3,12-16H2,1H3,(H,29,31). The Morgan fingerprint density at radius 2 is 1.47 bits per heavy atom. The van der Waals surface area contributed by atoms with Gasteiger partial charge in [-0.05, 0) is 78.7 Å². The first kappa shape index (κ1) is 20.9. The molecule has 0 heterocycles. The van der Waals surface area contributed by atoms with Crippen LogP contribution in [0.1, 0.15) is 57.4 Å². The van der Waals surface area contributed by atoms with Crippen LogP contribution in [0.2, 0.25) is 0 Å². The van der Waals surface area contributed by atoms with E-state index in [0.29, 0.717) is 5.75 Å². The molecular weight excluding hydrogens is 400 g/mol. The number of carbonyl (C=O) groups is 2. The summed E-state index contributed by atoms with van der Waals surface area (Å²) in [6.45, 7) is 1.39. The van der Waals surface area contributed by atoms with Gasteiger partial charge in [0.15, 0.2) is 0 Å². The van der Waals surface area contributed by atoms with Crippen LogP contribution in [-0.4, -0.2) is 18.1 Å². The summed E-state index contributed by atoms with van der Waals surface area (Å²) in [5.41, 5.74) is 5.72. The monoisotopic (exact) mass is 430 g/mol. The molecule has 4 aliphatic rings. The molecule has 1 amide bonds. The number of rotatable bonds is 5. The Labute approximate surface area is 189 Å². The number of hydrazone groups is 1. The van der Waals surface area contributed by atoms with Gasteiger partial charge >= 0.3 is 5.97 Å². The predicted octanol–water partition coefficient (Wildman–Crippen LogP) is 5.34. The highest BCUT2D eigenvalue weighted by atomic mass is 16.5. The van der Waals surface area contributed by atoms with Gasteiger partial charge in [-0.2, -0.15) is 5.10 Å². The SMILES string of the molecule is CC(=O)Oc1ccc(-c2ccc(C=NNC(=O)C34CC5CCC(CC(C5)C3)C4)cc2)cc1. The molecule has 4 aliphatic carbocycles. The molecule has 6 rings (SSSR count). The number of carbonyl (C=O) groups excluding carboxylic acids is 2. The lowest BCUT2D eigenvalue weighted by molar-refractivity contribution is -0.138. The van der Waals surface area contributed by atoms with Crippen molar-refractivity contribution in [3.8, 4) is 16.9 Å². The van der Waals surface area contributed by atoms with Gasteiger partial charge in [-0.15, -0.1) is 0 Å². The highest BCUT2D eigenvalue weighted by Crippen LogP contribution is 2.57. The quantitative estimate of drug-likeness (QED) is 0.301. The molecular formula is C27H30N2O3. The number of ether oxygens (including phenoxy) is 1. The average Bonchev–Trinajstić information content (AvgIpc) is 3.00. The average molecular weight is 431 g/mol. The Hall–Kier alpha value is -2.95. The second-order valence-electron chi connectivity index (χ2n) is 9.98. The zero-order valence-electron chi connectivity index (χ0n) is 18.5. The summed E-state index contributed by atoms with van der Waals surface area (Å²) in [4.78, 5) is 24.2. The van der Waals surface area contributed by atoms with Crippen molar-refractivity contribution in [3.05, 3.63) is 54.1 Å². The highest BCUT2D eigenvalue weighted by Gasteiger charge is 2.52. The summed E-state index contributed by atoms with van der Waals surface area (Å²) in [5, 5.41) is 4.30. The molecule has 2 unspecified atom stereocenters. The third-order valence-corrected chi connectivity index (χ3v) is 7.58. The van der Waals surface area contributed by atoms with E-state index in [0.717, 1.165) is 53.7 Å². The largest absolute Gasteiger partial charge is 0.427 e. The Balaban J connectivity index is 1.21. The second-order valence-corrected chi connectivity index (χ2v) is 9.98. The summed E-state index contributed by atoms with van der Waals surface area (Å²) < 4.78 is 5.08. The van der Waals surface area contributed by atoms with Gasteiger partial charge in [-0.1, -0.05) is 49.2 Å². The van der Waals surface area contributed by atoms with Gasteiger partial charge < -0.3 is 4.74 Å². The molecule has 0 aliphatic heterocycles. The van der Waals surface area contributed by atoms with Crippen molar-refractivity contribution in [2.24, 2.45) is 28.3 Å². The van der Waals surface area contributed by atoms with Gasteiger partial charge in [0, 0.05) is 6.92 Å². The van der Waals surface area contributed by atoms with E-state index < -0.39 is 0 Å². The number of nitrogens with zero attached hydrogens (tertiary/aromatic N) is 1. The normalized spacial score (nSPS) is 28.5. The molecule has 2 aromatic carbocycles. The van der Waals surface area contributed by atoms with E-state index in [-0.39, 0.29) is 17.3 Å². The maximum Gasteiger partial charge on any atom is 0.308 e. The minimum absolute atomic E-state index is 0.125. The summed E-state index contributed by atoms with van der Waals surface area (Å²) in [6, 6.07) is 15.4. The molecule has 4 bridgehead atoms. The van der Waals surface area contributed by atoms with Crippen LogP contribution < -0.4 is 10.2 Å².